The molecule has 0 fully saturated rings. The molecule has 0 spiro atoms. The van der Waals surface area contributed by atoms with Gasteiger partial charge in [0.1, 0.15) is 6.61 Å². The molecular weight excluding hydrogens is 476 g/mol. The van der Waals surface area contributed by atoms with Crippen molar-refractivity contribution in [1.29, 1.82) is 0 Å². The van der Waals surface area contributed by atoms with E-state index in [2.05, 4.69) is 19.3 Å². The third kappa shape index (κ3) is 20.3. The summed E-state index contributed by atoms with van der Waals surface area (Å²) >= 11 is 0. The molecule has 0 heterocycles. The SMILES string of the molecule is CCCCCCCCCCC(O)CN(CC(O)CCCCCCCCCC)NC(=O)OCc1ccccc1. The minimum Gasteiger partial charge on any atom is -0.444 e. The Kier molecular flexibility index (Phi) is 22.1. The van der Waals surface area contributed by atoms with Crippen molar-refractivity contribution in [3.63, 3.8) is 0 Å². The van der Waals surface area contributed by atoms with Crippen molar-refractivity contribution in [3.8, 4) is 0 Å². The highest BCUT2D eigenvalue weighted by Crippen LogP contribution is 2.13. The van der Waals surface area contributed by atoms with Gasteiger partial charge in [-0.05, 0) is 18.4 Å². The minimum atomic E-state index is -0.563. The van der Waals surface area contributed by atoms with Crippen molar-refractivity contribution >= 4 is 6.09 Å². The zero-order chi connectivity index (χ0) is 27.7. The normalized spacial score (nSPS) is 13.0. The summed E-state index contributed by atoms with van der Waals surface area (Å²) in [5, 5.41) is 22.9. The predicted octanol–water partition coefficient (Wildman–Crippen LogP) is 7.91. The Labute approximate surface area is 233 Å². The van der Waals surface area contributed by atoms with Crippen molar-refractivity contribution < 1.29 is 19.7 Å². The molecule has 1 aromatic rings. The highest BCUT2D eigenvalue weighted by atomic mass is 16.6. The lowest BCUT2D eigenvalue weighted by Gasteiger charge is -2.27. The molecule has 0 radical (unpaired) electrons. The van der Waals surface area contributed by atoms with E-state index in [9.17, 15) is 15.0 Å². The minimum absolute atomic E-state index is 0.183. The summed E-state index contributed by atoms with van der Waals surface area (Å²) in [6.45, 7) is 5.22. The van der Waals surface area contributed by atoms with E-state index in [1.54, 1.807) is 5.01 Å². The first-order valence-electron chi connectivity index (χ1n) is 15.6. The molecule has 0 saturated heterocycles. The number of ether oxygens (including phenoxy) is 1. The summed E-state index contributed by atoms with van der Waals surface area (Å²) in [5.74, 6) is 0. The van der Waals surface area contributed by atoms with Crippen LogP contribution < -0.4 is 5.43 Å². The van der Waals surface area contributed by atoms with E-state index in [0.29, 0.717) is 12.8 Å². The highest BCUT2D eigenvalue weighted by Gasteiger charge is 2.18. The second-order valence-electron chi connectivity index (χ2n) is 10.9. The van der Waals surface area contributed by atoms with Gasteiger partial charge in [0.15, 0.2) is 0 Å². The maximum atomic E-state index is 12.5. The number of hydrogen-bond acceptors (Lipinski definition) is 5. The predicted molar refractivity (Wildman–Crippen MR) is 158 cm³/mol. The molecule has 2 atom stereocenters. The molecule has 0 aliphatic carbocycles. The maximum Gasteiger partial charge on any atom is 0.422 e. The van der Waals surface area contributed by atoms with E-state index in [0.717, 1.165) is 31.2 Å². The summed E-state index contributed by atoms with van der Waals surface area (Å²) in [5.41, 5.74) is 3.68. The molecule has 6 heteroatoms. The Hall–Kier alpha value is -1.63. The number of carbonyl (C=O) groups excluding carboxylic acids is 1. The van der Waals surface area contributed by atoms with Crippen molar-refractivity contribution in [1.82, 2.24) is 10.4 Å². The van der Waals surface area contributed by atoms with Crippen LogP contribution in [0.4, 0.5) is 4.79 Å². The van der Waals surface area contributed by atoms with E-state index in [-0.39, 0.29) is 19.7 Å². The standard InChI is InChI=1S/C32H58N2O4/c1-3-5-7-9-11-13-15-20-24-30(35)26-34(33-32(37)38-28-29-22-18-17-19-23-29)27-31(36)25-21-16-14-12-10-8-6-4-2/h17-19,22-23,30-31,35-36H,3-16,20-21,24-28H2,1-2H3,(H,33,37). The quantitative estimate of drug-likeness (QED) is 0.0877. The lowest BCUT2D eigenvalue weighted by Crippen LogP contribution is -2.49. The largest absolute Gasteiger partial charge is 0.444 e. The fourth-order valence-corrected chi connectivity index (χ4v) is 4.77. The molecule has 2 unspecified atom stereocenters. The molecule has 1 amide bonds. The van der Waals surface area contributed by atoms with Crippen LogP contribution in [0.15, 0.2) is 30.3 Å². The van der Waals surface area contributed by atoms with Gasteiger partial charge in [0.2, 0.25) is 0 Å². The molecule has 0 aliphatic heterocycles. The second kappa shape index (κ2) is 24.4. The fourth-order valence-electron chi connectivity index (χ4n) is 4.77. The smallest absolute Gasteiger partial charge is 0.422 e. The maximum absolute atomic E-state index is 12.5. The number of hydrazine groups is 1. The number of carbonyl (C=O) groups is 1. The molecule has 0 saturated carbocycles. The topological polar surface area (TPSA) is 82.0 Å². The Bertz CT molecular complexity index is 630. The van der Waals surface area contributed by atoms with Crippen LogP contribution in [-0.4, -0.2) is 46.6 Å². The molecular formula is C32H58N2O4. The monoisotopic (exact) mass is 534 g/mol. The molecule has 1 aromatic carbocycles. The number of nitrogens with zero attached hydrogens (tertiary/aromatic N) is 1. The van der Waals surface area contributed by atoms with Crippen molar-refractivity contribution in [2.24, 2.45) is 0 Å². The summed E-state index contributed by atoms with van der Waals surface area (Å²) in [4.78, 5) is 12.5. The molecule has 220 valence electrons. The summed E-state index contributed by atoms with van der Waals surface area (Å²) in [7, 11) is 0. The highest BCUT2D eigenvalue weighted by molar-refractivity contribution is 5.66. The number of hydrogen-bond donors (Lipinski definition) is 3. The number of aliphatic hydroxyl groups is 2. The lowest BCUT2D eigenvalue weighted by molar-refractivity contribution is 0.0273. The Balaban J connectivity index is 2.39. The van der Waals surface area contributed by atoms with Crippen molar-refractivity contribution in [2.75, 3.05) is 13.1 Å². The first-order chi connectivity index (χ1) is 18.5. The molecule has 0 aliphatic rings. The van der Waals surface area contributed by atoms with Crippen LogP contribution in [-0.2, 0) is 11.3 Å². The van der Waals surface area contributed by atoms with Crippen LogP contribution in [0.5, 0.6) is 0 Å². The Morgan fingerprint density at radius 2 is 1.13 bits per heavy atom. The Morgan fingerprint density at radius 1 is 0.711 bits per heavy atom. The van der Waals surface area contributed by atoms with E-state index >= 15 is 0 Å². The number of aliphatic hydroxyl groups excluding tert-OH is 2. The van der Waals surface area contributed by atoms with Gasteiger partial charge in [-0.25, -0.2) is 9.80 Å². The third-order valence-electron chi connectivity index (χ3n) is 7.11. The Morgan fingerprint density at radius 3 is 1.58 bits per heavy atom. The van der Waals surface area contributed by atoms with Gasteiger partial charge in [-0.3, -0.25) is 5.43 Å². The van der Waals surface area contributed by atoms with Crippen LogP contribution in [0.2, 0.25) is 0 Å². The van der Waals surface area contributed by atoms with Crippen molar-refractivity contribution in [3.05, 3.63) is 35.9 Å². The van der Waals surface area contributed by atoms with E-state index in [1.807, 2.05) is 30.3 Å². The van der Waals surface area contributed by atoms with Gasteiger partial charge in [0.25, 0.3) is 0 Å². The average molecular weight is 535 g/mol. The fraction of sp³-hybridized carbons (Fsp3) is 0.781. The molecule has 1 rings (SSSR count). The zero-order valence-electron chi connectivity index (χ0n) is 24.5. The van der Waals surface area contributed by atoms with E-state index < -0.39 is 18.3 Å². The van der Waals surface area contributed by atoms with Gasteiger partial charge < -0.3 is 14.9 Å². The number of nitrogens with one attached hydrogen (secondary N) is 1. The van der Waals surface area contributed by atoms with Crippen LogP contribution >= 0.6 is 0 Å². The van der Waals surface area contributed by atoms with Gasteiger partial charge in [-0.15, -0.1) is 0 Å². The van der Waals surface area contributed by atoms with Gasteiger partial charge >= 0.3 is 6.09 Å². The molecule has 0 bridgehead atoms. The van der Waals surface area contributed by atoms with Gasteiger partial charge in [0, 0.05) is 13.1 Å². The van der Waals surface area contributed by atoms with E-state index in [1.165, 1.54) is 77.0 Å². The third-order valence-corrected chi connectivity index (χ3v) is 7.11. The van der Waals surface area contributed by atoms with Crippen LogP contribution in [0.25, 0.3) is 0 Å². The number of unbranched alkanes of at least 4 members (excludes halogenated alkanes) is 14. The van der Waals surface area contributed by atoms with Crippen LogP contribution in [0.3, 0.4) is 0 Å². The summed E-state index contributed by atoms with van der Waals surface area (Å²) in [6.07, 6.45) is 19.3. The molecule has 0 aromatic heterocycles. The van der Waals surface area contributed by atoms with E-state index in [4.69, 9.17) is 4.74 Å². The number of benzene rings is 1. The molecule has 6 nitrogen and oxygen atoms in total. The van der Waals surface area contributed by atoms with Gasteiger partial charge in [-0.2, -0.15) is 0 Å². The van der Waals surface area contributed by atoms with Crippen LogP contribution in [0, 0.1) is 0 Å². The average Bonchev–Trinajstić information content (AvgIpc) is 2.91. The van der Waals surface area contributed by atoms with Gasteiger partial charge in [-0.1, -0.05) is 147 Å². The first-order valence-corrected chi connectivity index (χ1v) is 15.6. The number of rotatable bonds is 25. The van der Waals surface area contributed by atoms with Crippen LogP contribution in [0.1, 0.15) is 135 Å². The zero-order valence-corrected chi connectivity index (χ0v) is 24.5. The summed E-state index contributed by atoms with van der Waals surface area (Å²) in [6, 6.07) is 9.56. The summed E-state index contributed by atoms with van der Waals surface area (Å²) < 4.78 is 5.37. The van der Waals surface area contributed by atoms with Crippen molar-refractivity contribution in [2.45, 2.75) is 148 Å². The molecule has 38 heavy (non-hydrogen) atoms. The second-order valence-corrected chi connectivity index (χ2v) is 10.9. The first kappa shape index (κ1) is 34.4. The number of amides is 1. The lowest BCUT2D eigenvalue weighted by atomic mass is 10.0. The molecule has 3 N–H and O–H groups in total. The van der Waals surface area contributed by atoms with Gasteiger partial charge in [0.05, 0.1) is 12.2 Å².